The van der Waals surface area contributed by atoms with Gasteiger partial charge in [-0.15, -0.1) is 0 Å². The molecule has 0 amide bonds. The molecule has 2 unspecified atom stereocenters. The van der Waals surface area contributed by atoms with Crippen LogP contribution in [0.4, 0.5) is 0 Å². The first-order chi connectivity index (χ1) is 7.65. The van der Waals surface area contributed by atoms with Crippen LogP contribution in [0.3, 0.4) is 0 Å². The average molecular weight is 224 g/mol. The molecule has 94 valence electrons. The highest BCUT2D eigenvalue weighted by Crippen LogP contribution is 2.47. The summed E-state index contributed by atoms with van der Waals surface area (Å²) in [4.78, 5) is 0. The second kappa shape index (κ2) is 5.05. The van der Waals surface area contributed by atoms with E-state index in [1.165, 1.54) is 51.4 Å². The van der Waals surface area contributed by atoms with Crippen molar-refractivity contribution in [1.29, 1.82) is 0 Å². The molecule has 0 heterocycles. The zero-order valence-corrected chi connectivity index (χ0v) is 11.0. The lowest BCUT2D eigenvalue weighted by molar-refractivity contribution is 0.131. The van der Waals surface area contributed by atoms with Crippen LogP contribution in [-0.2, 0) is 0 Å². The van der Waals surface area contributed by atoms with Crippen molar-refractivity contribution in [2.45, 2.75) is 71.3 Å². The fourth-order valence-corrected chi connectivity index (χ4v) is 4.09. The van der Waals surface area contributed by atoms with Gasteiger partial charge in [-0.3, -0.25) is 11.3 Å². The number of rotatable bonds is 3. The Kier molecular flexibility index (Phi) is 3.91. The molecule has 0 aromatic heterocycles. The molecule has 2 aliphatic rings. The summed E-state index contributed by atoms with van der Waals surface area (Å²) in [6.45, 7) is 4.86. The molecule has 2 rings (SSSR count). The van der Waals surface area contributed by atoms with Crippen molar-refractivity contribution in [2.75, 3.05) is 0 Å². The van der Waals surface area contributed by atoms with E-state index in [9.17, 15) is 0 Å². The first-order valence-electron chi connectivity index (χ1n) is 7.11. The third-order valence-electron chi connectivity index (χ3n) is 5.12. The summed E-state index contributed by atoms with van der Waals surface area (Å²) < 4.78 is 0. The van der Waals surface area contributed by atoms with E-state index >= 15 is 0 Å². The van der Waals surface area contributed by atoms with Crippen LogP contribution in [-0.4, -0.2) is 6.04 Å². The van der Waals surface area contributed by atoms with E-state index in [2.05, 4.69) is 19.3 Å². The zero-order chi connectivity index (χ0) is 11.6. The van der Waals surface area contributed by atoms with E-state index in [0.29, 0.717) is 11.5 Å². The van der Waals surface area contributed by atoms with Crippen molar-refractivity contribution in [3.63, 3.8) is 0 Å². The Hall–Kier alpha value is -0.0800. The van der Waals surface area contributed by atoms with Crippen molar-refractivity contribution < 1.29 is 0 Å². The van der Waals surface area contributed by atoms with Gasteiger partial charge in [0, 0.05) is 6.04 Å². The molecule has 0 aromatic carbocycles. The lowest BCUT2D eigenvalue weighted by atomic mass is 9.70. The van der Waals surface area contributed by atoms with E-state index in [-0.39, 0.29) is 0 Å². The second-order valence-electron chi connectivity index (χ2n) is 6.58. The molecule has 3 N–H and O–H groups in total. The van der Waals surface area contributed by atoms with E-state index < -0.39 is 0 Å². The third kappa shape index (κ3) is 2.43. The van der Waals surface area contributed by atoms with Crippen molar-refractivity contribution in [1.82, 2.24) is 5.43 Å². The summed E-state index contributed by atoms with van der Waals surface area (Å²) in [6.07, 6.45) is 11.2. The summed E-state index contributed by atoms with van der Waals surface area (Å²) in [5.41, 5.74) is 3.66. The molecule has 2 saturated carbocycles. The first-order valence-corrected chi connectivity index (χ1v) is 7.11. The largest absolute Gasteiger partial charge is 0.271 e. The lowest BCUT2D eigenvalue weighted by Gasteiger charge is -2.39. The van der Waals surface area contributed by atoms with Crippen LogP contribution in [0.25, 0.3) is 0 Å². The van der Waals surface area contributed by atoms with Gasteiger partial charge in [0.15, 0.2) is 0 Å². The number of hydrazine groups is 1. The van der Waals surface area contributed by atoms with Crippen molar-refractivity contribution in [3.8, 4) is 0 Å². The van der Waals surface area contributed by atoms with Gasteiger partial charge in [0.25, 0.3) is 0 Å². The molecule has 0 aliphatic heterocycles. The minimum Gasteiger partial charge on any atom is -0.271 e. The lowest BCUT2D eigenvalue weighted by Crippen LogP contribution is -2.49. The average Bonchev–Trinajstić information content (AvgIpc) is 2.62. The molecule has 2 nitrogen and oxygen atoms in total. The summed E-state index contributed by atoms with van der Waals surface area (Å²) in [5.74, 6) is 7.48. The van der Waals surface area contributed by atoms with Gasteiger partial charge >= 0.3 is 0 Å². The minimum absolute atomic E-state index is 0.495. The smallest absolute Gasteiger partial charge is 0.0272 e. The molecule has 0 saturated heterocycles. The molecule has 2 aliphatic carbocycles. The number of hydrogen-bond donors (Lipinski definition) is 2. The van der Waals surface area contributed by atoms with Crippen LogP contribution in [0.1, 0.15) is 65.2 Å². The fourth-order valence-electron chi connectivity index (χ4n) is 4.09. The summed E-state index contributed by atoms with van der Waals surface area (Å²) in [5, 5.41) is 0. The van der Waals surface area contributed by atoms with Crippen molar-refractivity contribution >= 4 is 0 Å². The highest BCUT2D eigenvalue weighted by atomic mass is 15.2. The molecule has 0 bridgehead atoms. The first kappa shape index (κ1) is 12.4. The molecule has 2 fully saturated rings. The molecular formula is C14H28N2. The minimum atomic E-state index is 0.495. The maximum Gasteiger partial charge on any atom is 0.0272 e. The van der Waals surface area contributed by atoms with Crippen LogP contribution >= 0.6 is 0 Å². The van der Waals surface area contributed by atoms with Crippen LogP contribution in [0.5, 0.6) is 0 Å². The SMILES string of the molecule is CC1(C)CCCC1C(NN)C1CCCCC1. The predicted molar refractivity (Wildman–Crippen MR) is 68.8 cm³/mol. The number of nitrogens with two attached hydrogens (primary N) is 1. The summed E-state index contributed by atoms with van der Waals surface area (Å²) >= 11 is 0. The topological polar surface area (TPSA) is 38.0 Å². The van der Waals surface area contributed by atoms with E-state index in [1.54, 1.807) is 0 Å². The third-order valence-corrected chi connectivity index (χ3v) is 5.12. The standard InChI is InChI=1S/C14H28N2/c1-14(2)10-6-9-12(14)13(16-15)11-7-4-3-5-8-11/h11-13,16H,3-10,15H2,1-2H3. The maximum atomic E-state index is 5.85. The number of hydrogen-bond acceptors (Lipinski definition) is 2. The highest BCUT2D eigenvalue weighted by Gasteiger charge is 2.42. The Bertz CT molecular complexity index is 219. The molecule has 0 radical (unpaired) electrons. The van der Waals surface area contributed by atoms with Gasteiger partial charge in [-0.1, -0.05) is 39.5 Å². The predicted octanol–water partition coefficient (Wildman–Crippen LogP) is 3.22. The Labute approximate surface area is 100 Å². The van der Waals surface area contributed by atoms with Crippen LogP contribution in [0.15, 0.2) is 0 Å². The fraction of sp³-hybridized carbons (Fsp3) is 1.00. The van der Waals surface area contributed by atoms with Gasteiger partial charge in [-0.25, -0.2) is 0 Å². The molecule has 2 atom stereocenters. The van der Waals surface area contributed by atoms with E-state index in [0.717, 1.165) is 11.8 Å². The molecule has 0 aromatic rings. The van der Waals surface area contributed by atoms with Crippen molar-refractivity contribution in [3.05, 3.63) is 0 Å². The normalized spacial score (nSPS) is 32.8. The molecule has 16 heavy (non-hydrogen) atoms. The Morgan fingerprint density at radius 1 is 1.06 bits per heavy atom. The van der Waals surface area contributed by atoms with Crippen LogP contribution in [0.2, 0.25) is 0 Å². The molecule has 2 heteroatoms. The molecule has 0 spiro atoms. The van der Waals surface area contributed by atoms with Gasteiger partial charge in [0.2, 0.25) is 0 Å². The quantitative estimate of drug-likeness (QED) is 0.570. The summed E-state index contributed by atoms with van der Waals surface area (Å²) in [6, 6.07) is 0.567. The van der Waals surface area contributed by atoms with E-state index in [1.807, 2.05) is 0 Å². The maximum absolute atomic E-state index is 5.85. The summed E-state index contributed by atoms with van der Waals surface area (Å²) in [7, 11) is 0. The van der Waals surface area contributed by atoms with Crippen molar-refractivity contribution in [2.24, 2.45) is 23.1 Å². The monoisotopic (exact) mass is 224 g/mol. The Morgan fingerprint density at radius 2 is 1.75 bits per heavy atom. The van der Waals surface area contributed by atoms with Gasteiger partial charge < -0.3 is 0 Å². The highest BCUT2D eigenvalue weighted by molar-refractivity contribution is 4.94. The van der Waals surface area contributed by atoms with E-state index in [4.69, 9.17) is 5.84 Å². The van der Waals surface area contributed by atoms with Gasteiger partial charge in [-0.05, 0) is 42.9 Å². The van der Waals surface area contributed by atoms with Gasteiger partial charge in [0.05, 0.1) is 0 Å². The zero-order valence-electron chi connectivity index (χ0n) is 11.0. The van der Waals surface area contributed by atoms with Gasteiger partial charge in [0.1, 0.15) is 0 Å². The van der Waals surface area contributed by atoms with Crippen LogP contribution in [0, 0.1) is 17.3 Å². The van der Waals surface area contributed by atoms with Crippen LogP contribution < -0.4 is 11.3 Å². The molecular weight excluding hydrogens is 196 g/mol. The van der Waals surface area contributed by atoms with Gasteiger partial charge in [-0.2, -0.15) is 0 Å². The number of nitrogens with one attached hydrogen (secondary N) is 1. The second-order valence-corrected chi connectivity index (χ2v) is 6.58. The Balaban J connectivity index is 2.03. The Morgan fingerprint density at radius 3 is 2.25 bits per heavy atom.